The number of carbonyl (C=O) groups is 1. The van der Waals surface area contributed by atoms with Gasteiger partial charge in [-0.2, -0.15) is 0 Å². The first-order chi connectivity index (χ1) is 10.5. The Kier molecular flexibility index (Phi) is 5.93. The summed E-state index contributed by atoms with van der Waals surface area (Å²) in [6.07, 6.45) is 2.27. The SMILES string of the molecule is CC(C)c1ccc(OCC(=O)N2CC3CCC(N)C3C2)cc1.Cl. The zero-order valence-electron chi connectivity index (χ0n) is 13.9. The van der Waals surface area contributed by atoms with Gasteiger partial charge in [-0.05, 0) is 48.3 Å². The lowest BCUT2D eigenvalue weighted by atomic mass is 9.98. The molecule has 1 amide bonds. The van der Waals surface area contributed by atoms with Crippen molar-refractivity contribution in [3.8, 4) is 5.75 Å². The maximum absolute atomic E-state index is 12.3. The molecular weight excluding hydrogens is 312 g/mol. The molecule has 1 aliphatic heterocycles. The number of ether oxygens (including phenoxy) is 1. The lowest BCUT2D eigenvalue weighted by Gasteiger charge is -2.19. The summed E-state index contributed by atoms with van der Waals surface area (Å²) in [4.78, 5) is 14.2. The van der Waals surface area contributed by atoms with Gasteiger partial charge in [0.05, 0.1) is 0 Å². The number of carbonyl (C=O) groups excluding carboxylic acids is 1. The second-order valence-corrected chi connectivity index (χ2v) is 6.98. The van der Waals surface area contributed by atoms with Crippen molar-refractivity contribution in [1.82, 2.24) is 4.90 Å². The van der Waals surface area contributed by atoms with Crippen molar-refractivity contribution in [2.75, 3.05) is 19.7 Å². The molecule has 1 saturated heterocycles. The predicted molar refractivity (Wildman–Crippen MR) is 94.0 cm³/mol. The number of nitrogens with two attached hydrogens (primary N) is 1. The van der Waals surface area contributed by atoms with E-state index < -0.39 is 0 Å². The summed E-state index contributed by atoms with van der Waals surface area (Å²) in [7, 11) is 0. The molecule has 5 heteroatoms. The lowest BCUT2D eigenvalue weighted by Crippen LogP contribution is -2.36. The molecule has 1 heterocycles. The first-order valence-corrected chi connectivity index (χ1v) is 8.30. The Hall–Kier alpha value is -1.26. The minimum atomic E-state index is 0. The van der Waals surface area contributed by atoms with Gasteiger partial charge >= 0.3 is 0 Å². The average Bonchev–Trinajstić information content (AvgIpc) is 3.08. The van der Waals surface area contributed by atoms with Crippen LogP contribution in [0.4, 0.5) is 0 Å². The fraction of sp³-hybridized carbons (Fsp3) is 0.611. The number of hydrogen-bond acceptors (Lipinski definition) is 3. The quantitative estimate of drug-likeness (QED) is 0.918. The summed E-state index contributed by atoms with van der Waals surface area (Å²) in [5.41, 5.74) is 7.39. The molecule has 1 aromatic rings. The van der Waals surface area contributed by atoms with Crippen molar-refractivity contribution in [2.45, 2.75) is 38.6 Å². The third-order valence-corrected chi connectivity index (χ3v) is 5.17. The van der Waals surface area contributed by atoms with Gasteiger partial charge in [0.25, 0.3) is 5.91 Å². The van der Waals surface area contributed by atoms with Crippen molar-refractivity contribution in [2.24, 2.45) is 17.6 Å². The van der Waals surface area contributed by atoms with E-state index in [0.717, 1.165) is 31.7 Å². The average molecular weight is 339 g/mol. The van der Waals surface area contributed by atoms with E-state index in [9.17, 15) is 4.79 Å². The Morgan fingerprint density at radius 2 is 1.96 bits per heavy atom. The van der Waals surface area contributed by atoms with E-state index in [-0.39, 0.29) is 31.0 Å². The Labute approximate surface area is 144 Å². The standard InChI is InChI=1S/C18H26N2O2.ClH/c1-12(2)13-3-6-15(7-4-13)22-11-18(21)20-9-14-5-8-17(19)16(14)10-20;/h3-4,6-7,12,14,16-17H,5,8-11,19H2,1-2H3;1H. The van der Waals surface area contributed by atoms with Crippen molar-refractivity contribution < 1.29 is 9.53 Å². The van der Waals surface area contributed by atoms with Gasteiger partial charge in [-0.1, -0.05) is 26.0 Å². The second-order valence-electron chi connectivity index (χ2n) is 6.98. The van der Waals surface area contributed by atoms with Gasteiger partial charge in [-0.25, -0.2) is 0 Å². The molecular formula is C18H27ClN2O2. The van der Waals surface area contributed by atoms with E-state index in [1.165, 1.54) is 5.56 Å². The van der Waals surface area contributed by atoms with Gasteiger partial charge in [-0.3, -0.25) is 4.79 Å². The lowest BCUT2D eigenvalue weighted by molar-refractivity contribution is -0.132. The molecule has 1 aromatic carbocycles. The van der Waals surface area contributed by atoms with Crippen molar-refractivity contribution >= 4 is 18.3 Å². The molecule has 2 fully saturated rings. The van der Waals surface area contributed by atoms with Crippen LogP contribution in [0.25, 0.3) is 0 Å². The summed E-state index contributed by atoms with van der Waals surface area (Å²) in [6, 6.07) is 8.27. The van der Waals surface area contributed by atoms with Crippen LogP contribution in [-0.2, 0) is 4.79 Å². The fourth-order valence-corrected chi connectivity index (χ4v) is 3.70. The van der Waals surface area contributed by atoms with Crippen molar-refractivity contribution in [1.29, 1.82) is 0 Å². The van der Waals surface area contributed by atoms with Crippen LogP contribution in [0, 0.1) is 11.8 Å². The number of likely N-dealkylation sites (tertiary alicyclic amines) is 1. The van der Waals surface area contributed by atoms with Crippen molar-refractivity contribution in [3.05, 3.63) is 29.8 Å². The first kappa shape index (κ1) is 18.1. The highest BCUT2D eigenvalue weighted by molar-refractivity contribution is 5.85. The molecule has 1 aliphatic carbocycles. The summed E-state index contributed by atoms with van der Waals surface area (Å²) in [5, 5.41) is 0. The van der Waals surface area contributed by atoms with Gasteiger partial charge < -0.3 is 15.4 Å². The molecule has 3 unspecified atom stereocenters. The largest absolute Gasteiger partial charge is 0.484 e. The molecule has 23 heavy (non-hydrogen) atoms. The minimum Gasteiger partial charge on any atom is -0.484 e. The van der Waals surface area contributed by atoms with Crippen LogP contribution >= 0.6 is 12.4 Å². The molecule has 0 aromatic heterocycles. The van der Waals surface area contributed by atoms with Crippen molar-refractivity contribution in [3.63, 3.8) is 0 Å². The molecule has 4 nitrogen and oxygen atoms in total. The van der Waals surface area contributed by atoms with Gasteiger partial charge in [0.2, 0.25) is 0 Å². The van der Waals surface area contributed by atoms with Gasteiger partial charge in [0, 0.05) is 19.1 Å². The van der Waals surface area contributed by atoms with Crippen LogP contribution in [0.5, 0.6) is 5.75 Å². The summed E-state index contributed by atoms with van der Waals surface area (Å²) in [5.74, 6) is 2.44. The van der Waals surface area contributed by atoms with E-state index in [1.807, 2.05) is 17.0 Å². The number of hydrogen-bond donors (Lipinski definition) is 1. The van der Waals surface area contributed by atoms with E-state index in [0.29, 0.717) is 17.8 Å². The van der Waals surface area contributed by atoms with Crippen LogP contribution in [0.2, 0.25) is 0 Å². The number of benzene rings is 1. The second kappa shape index (κ2) is 7.54. The van der Waals surface area contributed by atoms with Gasteiger partial charge in [-0.15, -0.1) is 12.4 Å². The number of amides is 1. The Morgan fingerprint density at radius 1 is 1.26 bits per heavy atom. The summed E-state index contributed by atoms with van der Waals surface area (Å²) in [6.45, 7) is 6.10. The van der Waals surface area contributed by atoms with Crippen LogP contribution in [0.3, 0.4) is 0 Å². The predicted octanol–water partition coefficient (Wildman–Crippen LogP) is 2.81. The molecule has 1 saturated carbocycles. The highest BCUT2D eigenvalue weighted by atomic mass is 35.5. The van der Waals surface area contributed by atoms with E-state index in [2.05, 4.69) is 26.0 Å². The fourth-order valence-electron chi connectivity index (χ4n) is 3.70. The van der Waals surface area contributed by atoms with Crippen LogP contribution in [0.15, 0.2) is 24.3 Å². The van der Waals surface area contributed by atoms with Crippen LogP contribution in [0.1, 0.15) is 38.2 Å². The monoisotopic (exact) mass is 338 g/mol. The summed E-state index contributed by atoms with van der Waals surface area (Å²) >= 11 is 0. The molecule has 3 rings (SSSR count). The zero-order chi connectivity index (χ0) is 15.7. The maximum Gasteiger partial charge on any atom is 0.260 e. The van der Waals surface area contributed by atoms with E-state index in [4.69, 9.17) is 10.5 Å². The topological polar surface area (TPSA) is 55.6 Å². The highest BCUT2D eigenvalue weighted by Gasteiger charge is 2.42. The van der Waals surface area contributed by atoms with E-state index in [1.54, 1.807) is 0 Å². The third kappa shape index (κ3) is 3.99. The highest BCUT2D eigenvalue weighted by Crippen LogP contribution is 2.37. The summed E-state index contributed by atoms with van der Waals surface area (Å²) < 4.78 is 5.64. The molecule has 2 N–H and O–H groups in total. The number of halogens is 1. The molecule has 0 spiro atoms. The zero-order valence-corrected chi connectivity index (χ0v) is 14.7. The third-order valence-electron chi connectivity index (χ3n) is 5.17. The molecule has 128 valence electrons. The molecule has 0 bridgehead atoms. The number of fused-ring (bicyclic) bond motifs is 1. The maximum atomic E-state index is 12.3. The number of rotatable bonds is 4. The van der Waals surface area contributed by atoms with Crippen LogP contribution in [-0.4, -0.2) is 36.5 Å². The Balaban J connectivity index is 0.00000192. The number of nitrogens with zero attached hydrogens (tertiary/aromatic N) is 1. The molecule has 2 aliphatic rings. The normalized spacial score (nSPS) is 26.1. The molecule has 0 radical (unpaired) electrons. The Bertz CT molecular complexity index is 532. The van der Waals surface area contributed by atoms with Gasteiger partial charge in [0.15, 0.2) is 6.61 Å². The molecule has 3 atom stereocenters. The smallest absolute Gasteiger partial charge is 0.260 e. The van der Waals surface area contributed by atoms with E-state index >= 15 is 0 Å². The first-order valence-electron chi connectivity index (χ1n) is 8.30. The van der Waals surface area contributed by atoms with Crippen LogP contribution < -0.4 is 10.5 Å². The van der Waals surface area contributed by atoms with Gasteiger partial charge in [0.1, 0.15) is 5.75 Å². The Morgan fingerprint density at radius 3 is 2.57 bits per heavy atom. The minimum absolute atomic E-state index is 0.